The van der Waals surface area contributed by atoms with Crippen LogP contribution in [0.25, 0.3) is 0 Å². The van der Waals surface area contributed by atoms with Crippen LogP contribution in [0.5, 0.6) is 0 Å². The smallest absolute Gasteiger partial charge is 0.0499 e. The van der Waals surface area contributed by atoms with Gasteiger partial charge in [0.2, 0.25) is 0 Å². The highest BCUT2D eigenvalue weighted by molar-refractivity contribution is 7.10. The molecule has 0 aliphatic heterocycles. The van der Waals surface area contributed by atoms with Gasteiger partial charge < -0.3 is 0 Å². The van der Waals surface area contributed by atoms with Crippen LogP contribution in [0, 0.1) is 24.7 Å². The monoisotopic (exact) mass is 222 g/mol. The molecule has 82 valence electrons. The Balaban J connectivity index is 1.79. The molecular formula is C12H18N2S. The molecule has 0 bridgehead atoms. The van der Waals surface area contributed by atoms with Crippen molar-refractivity contribution in [3.63, 3.8) is 0 Å². The zero-order valence-corrected chi connectivity index (χ0v) is 9.89. The molecule has 0 radical (unpaired) electrons. The van der Waals surface area contributed by atoms with Gasteiger partial charge >= 0.3 is 0 Å². The minimum absolute atomic E-state index is 0.393. The Hall–Kier alpha value is -0.380. The molecule has 3 N–H and O–H groups in total. The van der Waals surface area contributed by atoms with Gasteiger partial charge in [0, 0.05) is 10.9 Å². The van der Waals surface area contributed by atoms with Crippen molar-refractivity contribution in [1.82, 2.24) is 5.43 Å². The Morgan fingerprint density at radius 1 is 1.40 bits per heavy atom. The first kappa shape index (κ1) is 9.82. The van der Waals surface area contributed by atoms with Crippen LogP contribution in [0.4, 0.5) is 0 Å². The summed E-state index contributed by atoms with van der Waals surface area (Å²) in [7, 11) is 0. The van der Waals surface area contributed by atoms with E-state index in [1.54, 1.807) is 0 Å². The molecule has 0 saturated heterocycles. The van der Waals surface area contributed by atoms with Gasteiger partial charge in [-0.05, 0) is 60.9 Å². The number of thiophene rings is 1. The Kier molecular flexibility index (Phi) is 2.34. The molecule has 1 aromatic rings. The number of fused-ring (bicyclic) bond motifs is 1. The average Bonchev–Trinajstić information content (AvgIpc) is 2.65. The van der Waals surface area contributed by atoms with Crippen molar-refractivity contribution >= 4 is 11.3 Å². The third-order valence-electron chi connectivity index (χ3n) is 4.17. The highest BCUT2D eigenvalue weighted by Gasteiger charge is 2.48. The SMILES string of the molecule is Cc1sccc1C(NN)C1CC2CC2C1. The molecule has 3 rings (SSSR count). The van der Waals surface area contributed by atoms with Gasteiger partial charge in [-0.15, -0.1) is 11.3 Å². The van der Waals surface area contributed by atoms with Gasteiger partial charge in [-0.25, -0.2) is 0 Å². The van der Waals surface area contributed by atoms with E-state index in [1.165, 1.54) is 29.7 Å². The second-order valence-electron chi connectivity index (χ2n) is 5.06. The van der Waals surface area contributed by atoms with Gasteiger partial charge in [-0.2, -0.15) is 0 Å². The lowest BCUT2D eigenvalue weighted by Crippen LogP contribution is -2.33. The Morgan fingerprint density at radius 3 is 2.67 bits per heavy atom. The molecule has 3 unspecified atom stereocenters. The molecule has 2 fully saturated rings. The van der Waals surface area contributed by atoms with Crippen LogP contribution in [0.3, 0.4) is 0 Å². The summed E-state index contributed by atoms with van der Waals surface area (Å²) in [5.74, 6) is 8.56. The van der Waals surface area contributed by atoms with E-state index in [0.29, 0.717) is 6.04 Å². The van der Waals surface area contributed by atoms with E-state index < -0.39 is 0 Å². The molecule has 0 amide bonds. The largest absolute Gasteiger partial charge is 0.271 e. The van der Waals surface area contributed by atoms with Crippen LogP contribution in [-0.4, -0.2) is 0 Å². The number of nitrogens with one attached hydrogen (secondary N) is 1. The van der Waals surface area contributed by atoms with E-state index in [4.69, 9.17) is 5.84 Å². The maximum Gasteiger partial charge on any atom is 0.0499 e. The highest BCUT2D eigenvalue weighted by atomic mass is 32.1. The van der Waals surface area contributed by atoms with Crippen molar-refractivity contribution in [2.45, 2.75) is 32.2 Å². The maximum atomic E-state index is 5.73. The van der Waals surface area contributed by atoms with Crippen LogP contribution < -0.4 is 11.3 Å². The van der Waals surface area contributed by atoms with Gasteiger partial charge in [-0.3, -0.25) is 11.3 Å². The minimum Gasteiger partial charge on any atom is -0.271 e. The Morgan fingerprint density at radius 2 is 2.13 bits per heavy atom. The summed E-state index contributed by atoms with van der Waals surface area (Å²) in [5, 5.41) is 2.17. The van der Waals surface area contributed by atoms with Crippen molar-refractivity contribution in [3.05, 3.63) is 21.9 Å². The second kappa shape index (κ2) is 3.58. The summed E-state index contributed by atoms with van der Waals surface area (Å²) in [6.45, 7) is 2.19. The van der Waals surface area contributed by atoms with Crippen molar-refractivity contribution in [2.75, 3.05) is 0 Å². The topological polar surface area (TPSA) is 38.0 Å². The summed E-state index contributed by atoms with van der Waals surface area (Å²) < 4.78 is 0. The molecular weight excluding hydrogens is 204 g/mol. The second-order valence-corrected chi connectivity index (χ2v) is 6.18. The van der Waals surface area contributed by atoms with Gasteiger partial charge in [0.15, 0.2) is 0 Å². The molecule has 2 aliphatic rings. The van der Waals surface area contributed by atoms with Gasteiger partial charge in [0.25, 0.3) is 0 Å². The third-order valence-corrected chi connectivity index (χ3v) is 5.03. The molecule has 2 nitrogen and oxygen atoms in total. The summed E-state index contributed by atoms with van der Waals surface area (Å²) >= 11 is 1.82. The normalized spacial score (nSPS) is 35.2. The Bertz CT molecular complexity index is 350. The zero-order chi connectivity index (χ0) is 10.4. The van der Waals surface area contributed by atoms with Crippen molar-refractivity contribution in [3.8, 4) is 0 Å². The molecule has 1 heterocycles. The summed E-state index contributed by atoms with van der Waals surface area (Å²) in [5.41, 5.74) is 4.46. The molecule has 1 aromatic heterocycles. The Labute approximate surface area is 94.8 Å². The van der Waals surface area contributed by atoms with Crippen molar-refractivity contribution < 1.29 is 0 Å². The molecule has 15 heavy (non-hydrogen) atoms. The molecule has 0 spiro atoms. The lowest BCUT2D eigenvalue weighted by Gasteiger charge is -2.24. The molecule has 0 aromatic carbocycles. The first-order valence-electron chi connectivity index (χ1n) is 5.79. The summed E-state index contributed by atoms with van der Waals surface area (Å²) in [6, 6.07) is 2.62. The fraction of sp³-hybridized carbons (Fsp3) is 0.667. The van der Waals surface area contributed by atoms with Gasteiger partial charge in [0.1, 0.15) is 0 Å². The number of aryl methyl sites for hydroxylation is 1. The number of rotatable bonds is 3. The van der Waals surface area contributed by atoms with Crippen LogP contribution in [0.1, 0.15) is 35.7 Å². The van der Waals surface area contributed by atoms with E-state index in [-0.39, 0.29) is 0 Å². The van der Waals surface area contributed by atoms with Gasteiger partial charge in [0.05, 0.1) is 0 Å². The van der Waals surface area contributed by atoms with E-state index in [1.807, 2.05) is 11.3 Å². The zero-order valence-electron chi connectivity index (χ0n) is 9.07. The average molecular weight is 222 g/mol. The predicted molar refractivity (Wildman–Crippen MR) is 63.4 cm³/mol. The fourth-order valence-electron chi connectivity index (χ4n) is 3.23. The summed E-state index contributed by atoms with van der Waals surface area (Å²) in [4.78, 5) is 1.42. The number of hydrogen-bond acceptors (Lipinski definition) is 3. The van der Waals surface area contributed by atoms with Crippen LogP contribution >= 0.6 is 11.3 Å². The van der Waals surface area contributed by atoms with Crippen LogP contribution in [-0.2, 0) is 0 Å². The lowest BCUT2D eigenvalue weighted by molar-refractivity contribution is 0.345. The third kappa shape index (κ3) is 1.63. The van der Waals surface area contributed by atoms with E-state index >= 15 is 0 Å². The summed E-state index contributed by atoms with van der Waals surface area (Å²) in [6.07, 6.45) is 4.25. The predicted octanol–water partition coefficient (Wildman–Crippen LogP) is 2.61. The van der Waals surface area contributed by atoms with Crippen LogP contribution in [0.15, 0.2) is 11.4 Å². The quantitative estimate of drug-likeness (QED) is 0.609. The first-order chi connectivity index (χ1) is 7.29. The number of hydrogen-bond donors (Lipinski definition) is 2. The molecule has 2 aliphatic carbocycles. The lowest BCUT2D eigenvalue weighted by atomic mass is 9.90. The maximum absolute atomic E-state index is 5.73. The number of hydrazine groups is 1. The van der Waals surface area contributed by atoms with E-state index in [9.17, 15) is 0 Å². The number of nitrogens with two attached hydrogens (primary N) is 1. The molecule has 3 atom stereocenters. The van der Waals surface area contributed by atoms with Crippen molar-refractivity contribution in [2.24, 2.45) is 23.6 Å². The minimum atomic E-state index is 0.393. The van der Waals surface area contributed by atoms with E-state index in [0.717, 1.165) is 17.8 Å². The molecule has 2 saturated carbocycles. The van der Waals surface area contributed by atoms with Crippen molar-refractivity contribution in [1.29, 1.82) is 0 Å². The standard InChI is InChI=1S/C12H18N2S/c1-7-11(2-3-15-7)12(14-13)10-5-8-4-9(8)6-10/h2-3,8-10,12,14H,4-6,13H2,1H3. The first-order valence-corrected chi connectivity index (χ1v) is 6.67. The fourth-order valence-corrected chi connectivity index (χ4v) is 3.98. The van der Waals surface area contributed by atoms with Crippen LogP contribution in [0.2, 0.25) is 0 Å². The van der Waals surface area contributed by atoms with E-state index in [2.05, 4.69) is 23.8 Å². The molecule has 3 heteroatoms. The highest BCUT2D eigenvalue weighted by Crippen LogP contribution is 2.57. The van der Waals surface area contributed by atoms with Gasteiger partial charge in [-0.1, -0.05) is 0 Å².